The predicted octanol–water partition coefficient (Wildman–Crippen LogP) is 2.35. The van der Waals surface area contributed by atoms with Crippen LogP contribution < -0.4 is 10.6 Å². The maximum absolute atomic E-state index is 12.8. The SMILES string of the molecule is Cc1cccc(C)c1NC(=O)CN(C)C(=O)CCN1C(=O)NC2(CCCCC2)C1=O. The summed E-state index contributed by atoms with van der Waals surface area (Å²) in [6, 6.07) is 5.32. The van der Waals surface area contributed by atoms with E-state index in [4.69, 9.17) is 0 Å². The first-order valence-electron chi connectivity index (χ1n) is 10.5. The Labute approximate surface area is 177 Å². The average Bonchev–Trinajstić information content (AvgIpc) is 2.92. The van der Waals surface area contributed by atoms with Crippen LogP contribution in [0, 0.1) is 13.8 Å². The van der Waals surface area contributed by atoms with Crippen LogP contribution in [0.25, 0.3) is 0 Å². The highest BCUT2D eigenvalue weighted by atomic mass is 16.2. The molecule has 0 aromatic heterocycles. The Balaban J connectivity index is 1.51. The molecular weight excluding hydrogens is 384 g/mol. The molecule has 2 N–H and O–H groups in total. The van der Waals surface area contributed by atoms with Gasteiger partial charge in [-0.1, -0.05) is 37.5 Å². The number of hydrogen-bond donors (Lipinski definition) is 2. The number of anilines is 1. The third-order valence-corrected chi connectivity index (χ3v) is 6.05. The first-order valence-corrected chi connectivity index (χ1v) is 10.5. The fourth-order valence-corrected chi connectivity index (χ4v) is 4.27. The number of aryl methyl sites for hydroxylation is 2. The Morgan fingerprint density at radius 1 is 1.13 bits per heavy atom. The maximum atomic E-state index is 12.8. The van der Waals surface area contributed by atoms with E-state index in [9.17, 15) is 19.2 Å². The highest BCUT2D eigenvalue weighted by molar-refractivity contribution is 6.07. The largest absolute Gasteiger partial charge is 0.336 e. The molecule has 0 atom stereocenters. The van der Waals surface area contributed by atoms with Crippen LogP contribution in [0.4, 0.5) is 10.5 Å². The molecule has 0 unspecified atom stereocenters. The van der Waals surface area contributed by atoms with Crippen molar-refractivity contribution in [1.82, 2.24) is 15.1 Å². The summed E-state index contributed by atoms with van der Waals surface area (Å²) in [7, 11) is 1.54. The smallest absolute Gasteiger partial charge is 0.325 e. The molecule has 1 spiro atoms. The van der Waals surface area contributed by atoms with E-state index in [1.165, 1.54) is 4.90 Å². The molecule has 1 saturated heterocycles. The predicted molar refractivity (Wildman–Crippen MR) is 113 cm³/mol. The van der Waals surface area contributed by atoms with Gasteiger partial charge < -0.3 is 15.5 Å². The van der Waals surface area contributed by atoms with Gasteiger partial charge in [0, 0.05) is 25.7 Å². The normalized spacial score (nSPS) is 17.8. The second-order valence-corrected chi connectivity index (χ2v) is 8.34. The van der Waals surface area contributed by atoms with Crippen molar-refractivity contribution in [3.8, 4) is 0 Å². The lowest BCUT2D eigenvalue weighted by atomic mass is 9.82. The van der Waals surface area contributed by atoms with Crippen LogP contribution in [0.5, 0.6) is 0 Å². The fourth-order valence-electron chi connectivity index (χ4n) is 4.27. The number of hydrogen-bond acceptors (Lipinski definition) is 4. The van der Waals surface area contributed by atoms with E-state index < -0.39 is 11.6 Å². The van der Waals surface area contributed by atoms with Crippen molar-refractivity contribution < 1.29 is 19.2 Å². The molecule has 1 heterocycles. The number of likely N-dealkylation sites (N-methyl/N-ethyl adjacent to an activating group) is 1. The number of nitrogens with one attached hydrogen (secondary N) is 2. The van der Waals surface area contributed by atoms with E-state index in [1.54, 1.807) is 7.05 Å². The quantitative estimate of drug-likeness (QED) is 0.698. The molecule has 8 nitrogen and oxygen atoms in total. The summed E-state index contributed by atoms with van der Waals surface area (Å²) in [5, 5.41) is 5.69. The minimum atomic E-state index is -0.782. The Kier molecular flexibility index (Phi) is 6.43. The summed E-state index contributed by atoms with van der Waals surface area (Å²) >= 11 is 0. The Bertz CT molecular complexity index is 840. The molecule has 5 amide bonds. The van der Waals surface area contributed by atoms with Crippen molar-refractivity contribution in [2.45, 2.75) is 57.9 Å². The molecule has 1 aliphatic carbocycles. The minimum Gasteiger partial charge on any atom is -0.336 e. The first-order chi connectivity index (χ1) is 14.2. The van der Waals surface area contributed by atoms with Crippen LogP contribution >= 0.6 is 0 Å². The van der Waals surface area contributed by atoms with Crippen LogP contribution in [0.15, 0.2) is 18.2 Å². The van der Waals surface area contributed by atoms with Gasteiger partial charge in [0.1, 0.15) is 5.54 Å². The summed E-state index contributed by atoms with van der Waals surface area (Å²) in [5.74, 6) is -0.813. The van der Waals surface area contributed by atoms with Crippen LogP contribution in [0.3, 0.4) is 0 Å². The molecule has 1 aliphatic heterocycles. The zero-order valence-electron chi connectivity index (χ0n) is 17.9. The first kappa shape index (κ1) is 21.8. The third-order valence-electron chi connectivity index (χ3n) is 6.05. The van der Waals surface area contributed by atoms with Gasteiger partial charge in [0.15, 0.2) is 0 Å². The minimum absolute atomic E-state index is 0.0115. The van der Waals surface area contributed by atoms with E-state index in [-0.39, 0.29) is 37.2 Å². The second kappa shape index (κ2) is 8.85. The number of amides is 5. The lowest BCUT2D eigenvalue weighted by Gasteiger charge is -2.30. The molecular formula is C22H30N4O4. The molecule has 30 heavy (non-hydrogen) atoms. The lowest BCUT2D eigenvalue weighted by Crippen LogP contribution is -2.48. The van der Waals surface area contributed by atoms with E-state index in [0.29, 0.717) is 12.8 Å². The second-order valence-electron chi connectivity index (χ2n) is 8.34. The molecule has 2 aliphatic rings. The van der Waals surface area contributed by atoms with Crippen molar-refractivity contribution in [3.63, 3.8) is 0 Å². The number of carbonyl (C=O) groups is 4. The zero-order chi connectivity index (χ0) is 21.9. The topological polar surface area (TPSA) is 98.8 Å². The number of urea groups is 1. The van der Waals surface area contributed by atoms with Crippen molar-refractivity contribution in [2.75, 3.05) is 25.5 Å². The van der Waals surface area contributed by atoms with Crippen LogP contribution in [0.1, 0.15) is 49.7 Å². The molecule has 0 bridgehead atoms. The highest BCUT2D eigenvalue weighted by Gasteiger charge is 2.51. The number of imide groups is 1. The summed E-state index contributed by atoms with van der Waals surface area (Å²) in [5.41, 5.74) is 1.87. The number of para-hydroxylation sites is 1. The van der Waals surface area contributed by atoms with Crippen LogP contribution in [-0.4, -0.2) is 59.2 Å². The Hall–Kier alpha value is -2.90. The monoisotopic (exact) mass is 414 g/mol. The van der Waals surface area contributed by atoms with Crippen molar-refractivity contribution in [3.05, 3.63) is 29.3 Å². The van der Waals surface area contributed by atoms with Gasteiger partial charge in [0.25, 0.3) is 5.91 Å². The van der Waals surface area contributed by atoms with Gasteiger partial charge in [-0.2, -0.15) is 0 Å². The number of carbonyl (C=O) groups excluding carboxylic acids is 4. The summed E-state index contributed by atoms with van der Waals surface area (Å²) in [4.78, 5) is 52.4. The van der Waals surface area contributed by atoms with Crippen LogP contribution in [-0.2, 0) is 14.4 Å². The van der Waals surface area contributed by atoms with Crippen molar-refractivity contribution >= 4 is 29.4 Å². The summed E-state index contributed by atoms with van der Waals surface area (Å²) in [6.45, 7) is 3.74. The third kappa shape index (κ3) is 4.47. The van der Waals surface area contributed by atoms with Crippen molar-refractivity contribution in [2.24, 2.45) is 0 Å². The molecule has 1 aromatic carbocycles. The molecule has 1 aromatic rings. The Morgan fingerprint density at radius 3 is 2.40 bits per heavy atom. The standard InChI is InChI=1S/C22H30N4O4/c1-15-8-7-9-16(2)19(15)23-17(27)14-25(3)18(28)10-13-26-20(29)22(24-21(26)30)11-5-4-6-12-22/h7-9H,4-6,10-14H2,1-3H3,(H,23,27)(H,24,30). The summed E-state index contributed by atoms with van der Waals surface area (Å²) in [6.07, 6.45) is 4.19. The van der Waals surface area contributed by atoms with E-state index in [0.717, 1.165) is 41.0 Å². The molecule has 162 valence electrons. The van der Waals surface area contributed by atoms with Gasteiger partial charge in [-0.05, 0) is 37.8 Å². The molecule has 1 saturated carbocycles. The molecule has 3 rings (SSSR count). The highest BCUT2D eigenvalue weighted by Crippen LogP contribution is 2.33. The van der Waals surface area contributed by atoms with E-state index in [1.807, 2.05) is 32.0 Å². The number of rotatable bonds is 6. The van der Waals surface area contributed by atoms with Gasteiger partial charge in [-0.15, -0.1) is 0 Å². The van der Waals surface area contributed by atoms with Gasteiger partial charge in [0.2, 0.25) is 11.8 Å². The molecule has 0 radical (unpaired) electrons. The average molecular weight is 415 g/mol. The van der Waals surface area contributed by atoms with E-state index in [2.05, 4.69) is 10.6 Å². The van der Waals surface area contributed by atoms with Gasteiger partial charge in [-0.25, -0.2) is 4.79 Å². The van der Waals surface area contributed by atoms with Gasteiger partial charge >= 0.3 is 6.03 Å². The fraction of sp³-hybridized carbons (Fsp3) is 0.545. The van der Waals surface area contributed by atoms with Crippen LogP contribution in [0.2, 0.25) is 0 Å². The molecule has 2 fully saturated rings. The number of nitrogens with zero attached hydrogens (tertiary/aromatic N) is 2. The maximum Gasteiger partial charge on any atom is 0.325 e. The van der Waals surface area contributed by atoms with Gasteiger partial charge in [0.05, 0.1) is 6.54 Å². The van der Waals surface area contributed by atoms with Gasteiger partial charge in [-0.3, -0.25) is 19.3 Å². The number of benzene rings is 1. The lowest BCUT2D eigenvalue weighted by molar-refractivity contribution is -0.135. The summed E-state index contributed by atoms with van der Waals surface area (Å²) < 4.78 is 0. The zero-order valence-corrected chi connectivity index (χ0v) is 17.9. The van der Waals surface area contributed by atoms with E-state index >= 15 is 0 Å². The molecule has 8 heteroatoms. The van der Waals surface area contributed by atoms with Crippen molar-refractivity contribution in [1.29, 1.82) is 0 Å². The Morgan fingerprint density at radius 2 is 1.77 bits per heavy atom.